The van der Waals surface area contributed by atoms with Gasteiger partial charge in [-0.3, -0.25) is 9.58 Å². The Morgan fingerprint density at radius 2 is 2.00 bits per heavy atom. The number of piperazine rings is 1. The molecule has 134 valence electrons. The minimum absolute atomic E-state index is 0.130. The quantitative estimate of drug-likeness (QED) is 0.827. The minimum atomic E-state index is -0.130. The van der Waals surface area contributed by atoms with E-state index in [-0.39, 0.29) is 5.82 Å². The van der Waals surface area contributed by atoms with Crippen LogP contribution < -0.4 is 5.32 Å². The lowest BCUT2D eigenvalue weighted by Crippen LogP contribution is -2.51. The first kappa shape index (κ1) is 17.8. The Morgan fingerprint density at radius 1 is 1.24 bits per heavy atom. The molecule has 2 aromatic rings. The van der Waals surface area contributed by atoms with Gasteiger partial charge >= 0.3 is 0 Å². The molecule has 1 aromatic heterocycles. The van der Waals surface area contributed by atoms with Gasteiger partial charge in [-0.2, -0.15) is 5.10 Å². The fourth-order valence-corrected chi connectivity index (χ4v) is 3.19. The summed E-state index contributed by atoms with van der Waals surface area (Å²) in [6.07, 6.45) is 3.90. The summed E-state index contributed by atoms with van der Waals surface area (Å²) in [5.74, 6) is -0.130. The van der Waals surface area contributed by atoms with Crippen molar-refractivity contribution in [2.75, 3.05) is 26.2 Å². The van der Waals surface area contributed by atoms with E-state index in [9.17, 15) is 4.39 Å². The zero-order chi connectivity index (χ0) is 17.6. The lowest BCUT2D eigenvalue weighted by molar-refractivity contribution is 0.173. The molecule has 0 radical (unpaired) electrons. The van der Waals surface area contributed by atoms with Gasteiger partial charge in [0.1, 0.15) is 5.82 Å². The third-order valence-electron chi connectivity index (χ3n) is 4.47. The van der Waals surface area contributed by atoms with E-state index in [1.807, 2.05) is 29.2 Å². The first-order chi connectivity index (χ1) is 12.2. The first-order valence-electron chi connectivity index (χ1n) is 8.65. The second-order valence-electron chi connectivity index (χ2n) is 6.22. The fourth-order valence-electron chi connectivity index (χ4n) is 2.94. The van der Waals surface area contributed by atoms with Crippen molar-refractivity contribution in [3.05, 3.63) is 53.6 Å². The number of aromatic nitrogens is 2. The maximum atomic E-state index is 13.8. The average molecular weight is 361 g/mol. The van der Waals surface area contributed by atoms with E-state index in [0.717, 1.165) is 49.0 Å². The van der Waals surface area contributed by atoms with Gasteiger partial charge < -0.3 is 10.2 Å². The molecular formula is C18H24FN5S. The fraction of sp³-hybridized carbons (Fsp3) is 0.444. The summed E-state index contributed by atoms with van der Waals surface area (Å²) in [5, 5.41) is 8.34. The highest BCUT2D eigenvalue weighted by atomic mass is 32.1. The molecule has 1 aliphatic rings. The Morgan fingerprint density at radius 3 is 2.68 bits per heavy atom. The summed E-state index contributed by atoms with van der Waals surface area (Å²) in [7, 11) is 0. The molecule has 0 amide bonds. The van der Waals surface area contributed by atoms with Gasteiger partial charge in [0.15, 0.2) is 5.11 Å². The van der Waals surface area contributed by atoms with E-state index in [0.29, 0.717) is 13.1 Å². The molecule has 0 unspecified atom stereocenters. The summed E-state index contributed by atoms with van der Waals surface area (Å²) in [5.41, 5.74) is 1.88. The highest BCUT2D eigenvalue weighted by Gasteiger charge is 2.19. The molecule has 1 fully saturated rings. The molecule has 0 bridgehead atoms. The number of rotatable bonds is 5. The predicted octanol–water partition coefficient (Wildman–Crippen LogP) is 2.23. The van der Waals surface area contributed by atoms with Crippen LogP contribution in [-0.4, -0.2) is 50.9 Å². The van der Waals surface area contributed by atoms with Crippen LogP contribution in [0.1, 0.15) is 18.1 Å². The SMILES string of the molecule is CCn1cc(CNC(=S)N2CCN(Cc3ccccc3F)CC2)cn1. The normalized spacial score (nSPS) is 15.4. The van der Waals surface area contributed by atoms with Gasteiger partial charge in [-0.05, 0) is 25.2 Å². The lowest BCUT2D eigenvalue weighted by Gasteiger charge is -2.36. The van der Waals surface area contributed by atoms with Gasteiger partial charge in [0.05, 0.1) is 6.20 Å². The van der Waals surface area contributed by atoms with Crippen molar-refractivity contribution in [2.45, 2.75) is 26.6 Å². The number of hydrogen-bond acceptors (Lipinski definition) is 3. The Bertz CT molecular complexity index is 709. The molecule has 0 saturated carbocycles. The van der Waals surface area contributed by atoms with Crippen LogP contribution in [0.2, 0.25) is 0 Å². The summed E-state index contributed by atoms with van der Waals surface area (Å²) in [6, 6.07) is 6.98. The number of aryl methyl sites for hydroxylation is 1. The van der Waals surface area contributed by atoms with Crippen LogP contribution in [0.4, 0.5) is 4.39 Å². The van der Waals surface area contributed by atoms with E-state index in [2.05, 4.69) is 27.1 Å². The van der Waals surface area contributed by atoms with Crippen LogP contribution in [-0.2, 0) is 19.6 Å². The topological polar surface area (TPSA) is 36.3 Å². The highest BCUT2D eigenvalue weighted by molar-refractivity contribution is 7.80. The van der Waals surface area contributed by atoms with Crippen molar-refractivity contribution in [2.24, 2.45) is 0 Å². The number of hydrogen-bond donors (Lipinski definition) is 1. The third-order valence-corrected chi connectivity index (χ3v) is 4.87. The molecule has 1 aliphatic heterocycles. The van der Waals surface area contributed by atoms with Gasteiger partial charge in [-0.1, -0.05) is 18.2 Å². The molecule has 1 saturated heterocycles. The summed E-state index contributed by atoms with van der Waals surface area (Å²) in [6.45, 7) is 7.74. The van der Waals surface area contributed by atoms with E-state index >= 15 is 0 Å². The minimum Gasteiger partial charge on any atom is -0.358 e. The molecular weight excluding hydrogens is 337 g/mol. The summed E-state index contributed by atoms with van der Waals surface area (Å²) < 4.78 is 15.7. The van der Waals surface area contributed by atoms with Crippen molar-refractivity contribution in [3.8, 4) is 0 Å². The molecule has 5 nitrogen and oxygen atoms in total. The molecule has 0 atom stereocenters. The average Bonchev–Trinajstić information content (AvgIpc) is 3.10. The third kappa shape index (κ3) is 4.76. The van der Waals surface area contributed by atoms with Crippen LogP contribution in [0.3, 0.4) is 0 Å². The van der Waals surface area contributed by atoms with E-state index in [1.165, 1.54) is 6.07 Å². The molecule has 1 aromatic carbocycles. The van der Waals surface area contributed by atoms with E-state index in [4.69, 9.17) is 12.2 Å². The van der Waals surface area contributed by atoms with Crippen LogP contribution in [0.5, 0.6) is 0 Å². The molecule has 7 heteroatoms. The molecule has 0 aliphatic carbocycles. The number of halogens is 1. The van der Waals surface area contributed by atoms with Gasteiger partial charge in [-0.25, -0.2) is 4.39 Å². The molecule has 0 spiro atoms. The number of thiocarbonyl (C=S) groups is 1. The van der Waals surface area contributed by atoms with Crippen molar-refractivity contribution in [1.29, 1.82) is 0 Å². The van der Waals surface area contributed by atoms with Crippen LogP contribution >= 0.6 is 12.2 Å². The van der Waals surface area contributed by atoms with E-state index in [1.54, 1.807) is 6.07 Å². The van der Waals surface area contributed by atoms with Crippen molar-refractivity contribution in [1.82, 2.24) is 24.9 Å². The Kier molecular flexibility index (Phi) is 5.99. The summed E-state index contributed by atoms with van der Waals surface area (Å²) in [4.78, 5) is 4.44. The maximum absolute atomic E-state index is 13.8. The van der Waals surface area contributed by atoms with Gasteiger partial charge in [0.2, 0.25) is 0 Å². The molecule has 25 heavy (non-hydrogen) atoms. The number of benzene rings is 1. The largest absolute Gasteiger partial charge is 0.358 e. The standard InChI is InChI=1S/C18H24FN5S/c1-2-24-13-15(12-21-24)11-20-18(25)23-9-7-22(8-10-23)14-16-5-3-4-6-17(16)19/h3-6,12-13H,2,7-11,14H2,1H3,(H,20,25). The summed E-state index contributed by atoms with van der Waals surface area (Å²) >= 11 is 5.51. The molecule has 2 heterocycles. The van der Waals surface area contributed by atoms with Gasteiger partial charge in [0, 0.05) is 63.1 Å². The van der Waals surface area contributed by atoms with Crippen molar-refractivity contribution < 1.29 is 4.39 Å². The molecule has 1 N–H and O–H groups in total. The monoisotopic (exact) mass is 361 g/mol. The van der Waals surface area contributed by atoms with Crippen molar-refractivity contribution in [3.63, 3.8) is 0 Å². The predicted molar refractivity (Wildman–Crippen MR) is 101 cm³/mol. The zero-order valence-electron chi connectivity index (χ0n) is 14.5. The highest BCUT2D eigenvalue weighted by Crippen LogP contribution is 2.12. The number of nitrogens with one attached hydrogen (secondary N) is 1. The van der Waals surface area contributed by atoms with Gasteiger partial charge in [-0.15, -0.1) is 0 Å². The number of nitrogens with zero attached hydrogens (tertiary/aromatic N) is 4. The lowest BCUT2D eigenvalue weighted by atomic mass is 10.2. The van der Waals surface area contributed by atoms with Gasteiger partial charge in [0.25, 0.3) is 0 Å². The van der Waals surface area contributed by atoms with Crippen LogP contribution in [0, 0.1) is 5.82 Å². The van der Waals surface area contributed by atoms with E-state index < -0.39 is 0 Å². The Balaban J connectivity index is 1.43. The Labute approximate surface area is 153 Å². The second-order valence-corrected chi connectivity index (χ2v) is 6.60. The zero-order valence-corrected chi connectivity index (χ0v) is 15.3. The first-order valence-corrected chi connectivity index (χ1v) is 9.06. The Hall–Kier alpha value is -1.99. The smallest absolute Gasteiger partial charge is 0.169 e. The maximum Gasteiger partial charge on any atom is 0.169 e. The molecule has 3 rings (SSSR count). The van der Waals surface area contributed by atoms with Crippen LogP contribution in [0.25, 0.3) is 0 Å². The van der Waals surface area contributed by atoms with Crippen molar-refractivity contribution >= 4 is 17.3 Å². The second kappa shape index (κ2) is 8.40. The van der Waals surface area contributed by atoms with Crippen LogP contribution in [0.15, 0.2) is 36.7 Å².